The van der Waals surface area contributed by atoms with Crippen molar-refractivity contribution in [3.8, 4) is 0 Å². The highest BCUT2D eigenvalue weighted by Crippen LogP contribution is 2.21. The van der Waals surface area contributed by atoms with Gasteiger partial charge in [-0.15, -0.1) is 0 Å². The minimum atomic E-state index is -0.747. The number of aliphatic hydroxyl groups is 1. The average Bonchev–Trinajstić information content (AvgIpc) is 2.52. The van der Waals surface area contributed by atoms with Crippen LogP contribution in [0, 0.1) is 0 Å². The Morgan fingerprint density at radius 1 is 1.23 bits per heavy atom. The lowest BCUT2D eigenvalue weighted by molar-refractivity contribution is -0.153. The first-order valence-electron chi connectivity index (χ1n) is 8.42. The Balaban J connectivity index is 2.43. The first-order chi connectivity index (χ1) is 10.7. The molecule has 1 unspecified atom stereocenters. The van der Waals surface area contributed by atoms with Crippen LogP contribution in [0.2, 0.25) is 0 Å². The zero-order valence-electron chi connectivity index (χ0n) is 13.5. The summed E-state index contributed by atoms with van der Waals surface area (Å²) in [6.07, 6.45) is 6.98. The molecule has 0 aromatic rings. The summed E-state index contributed by atoms with van der Waals surface area (Å²) in [7, 11) is 0. The van der Waals surface area contributed by atoms with Crippen molar-refractivity contribution in [3.05, 3.63) is 0 Å². The number of esters is 1. The van der Waals surface area contributed by atoms with Crippen LogP contribution in [0.5, 0.6) is 0 Å². The Labute approximate surface area is 132 Å². The number of hydrogen-bond donors (Lipinski definition) is 2. The second-order valence-electron chi connectivity index (χ2n) is 5.75. The number of carbonyl (C=O) groups excluding carboxylic acids is 2. The molecule has 0 saturated heterocycles. The van der Waals surface area contributed by atoms with Crippen LogP contribution in [0.15, 0.2) is 0 Å². The first kappa shape index (κ1) is 18.7. The van der Waals surface area contributed by atoms with E-state index in [0.717, 1.165) is 38.5 Å². The summed E-state index contributed by atoms with van der Waals surface area (Å²) >= 11 is 0. The van der Waals surface area contributed by atoms with Crippen molar-refractivity contribution in [1.29, 1.82) is 0 Å². The molecule has 0 heterocycles. The van der Waals surface area contributed by atoms with Crippen LogP contribution < -0.4 is 5.32 Å². The van der Waals surface area contributed by atoms with Gasteiger partial charge in [-0.05, 0) is 44.9 Å². The number of nitrogens with one attached hydrogen (secondary N) is 1. The van der Waals surface area contributed by atoms with Gasteiger partial charge in [0.05, 0.1) is 6.61 Å². The van der Waals surface area contributed by atoms with Crippen molar-refractivity contribution in [1.82, 2.24) is 5.32 Å². The summed E-state index contributed by atoms with van der Waals surface area (Å²) < 4.78 is 10.5. The molecule has 0 aliphatic heterocycles. The Hall–Kier alpha value is -1.30. The molecule has 1 atom stereocenters. The van der Waals surface area contributed by atoms with E-state index in [-0.39, 0.29) is 12.7 Å². The molecule has 0 aromatic carbocycles. The standard InChI is InChI=1S/C16H29NO5/c1-2-3-12-21-16(20)17-14(10-7-11-18)15(19)22-13-8-5-4-6-9-13/h13-14,18H,2-12H2,1H3,(H,17,20). The maximum atomic E-state index is 12.2. The lowest BCUT2D eigenvalue weighted by atomic mass is 9.98. The van der Waals surface area contributed by atoms with Crippen molar-refractivity contribution in [3.63, 3.8) is 0 Å². The Kier molecular flexibility index (Phi) is 9.62. The molecular formula is C16H29NO5. The normalized spacial score (nSPS) is 16.8. The quantitative estimate of drug-likeness (QED) is 0.504. The van der Waals surface area contributed by atoms with E-state index < -0.39 is 18.1 Å². The van der Waals surface area contributed by atoms with Gasteiger partial charge in [-0.25, -0.2) is 9.59 Å². The summed E-state index contributed by atoms with van der Waals surface area (Å²) in [5.74, 6) is -0.423. The van der Waals surface area contributed by atoms with Crippen LogP contribution in [0.4, 0.5) is 4.79 Å². The highest BCUT2D eigenvalue weighted by molar-refractivity contribution is 5.81. The van der Waals surface area contributed by atoms with Gasteiger partial charge in [0.2, 0.25) is 0 Å². The predicted molar refractivity (Wildman–Crippen MR) is 82.5 cm³/mol. The molecule has 6 heteroatoms. The van der Waals surface area contributed by atoms with E-state index >= 15 is 0 Å². The monoisotopic (exact) mass is 315 g/mol. The van der Waals surface area contributed by atoms with E-state index in [0.29, 0.717) is 19.4 Å². The molecule has 0 spiro atoms. The van der Waals surface area contributed by atoms with Gasteiger partial charge in [0.25, 0.3) is 0 Å². The highest BCUT2D eigenvalue weighted by atomic mass is 16.6. The fraction of sp³-hybridized carbons (Fsp3) is 0.875. The van der Waals surface area contributed by atoms with E-state index in [1.165, 1.54) is 6.42 Å². The highest BCUT2D eigenvalue weighted by Gasteiger charge is 2.26. The Morgan fingerprint density at radius 3 is 2.59 bits per heavy atom. The number of amides is 1. The summed E-state index contributed by atoms with van der Waals surface area (Å²) in [6, 6.07) is -0.747. The molecule has 1 saturated carbocycles. The number of alkyl carbamates (subject to hydrolysis) is 1. The molecule has 1 fully saturated rings. The van der Waals surface area contributed by atoms with Crippen LogP contribution in [-0.2, 0) is 14.3 Å². The fourth-order valence-corrected chi connectivity index (χ4v) is 2.47. The van der Waals surface area contributed by atoms with Crippen molar-refractivity contribution < 1.29 is 24.2 Å². The van der Waals surface area contributed by atoms with Gasteiger partial charge in [-0.1, -0.05) is 19.8 Å². The van der Waals surface area contributed by atoms with Gasteiger partial charge in [-0.2, -0.15) is 0 Å². The largest absolute Gasteiger partial charge is 0.461 e. The molecule has 1 rings (SSSR count). The van der Waals surface area contributed by atoms with Crippen LogP contribution in [0.25, 0.3) is 0 Å². The van der Waals surface area contributed by atoms with Crippen molar-refractivity contribution in [2.45, 2.75) is 76.9 Å². The number of hydrogen-bond acceptors (Lipinski definition) is 5. The fourth-order valence-electron chi connectivity index (χ4n) is 2.47. The molecule has 1 aliphatic rings. The van der Waals surface area contributed by atoms with Crippen molar-refractivity contribution >= 4 is 12.1 Å². The summed E-state index contributed by atoms with van der Waals surface area (Å²) in [5.41, 5.74) is 0. The minimum absolute atomic E-state index is 0.0280. The number of aliphatic hydroxyl groups excluding tert-OH is 1. The van der Waals surface area contributed by atoms with Gasteiger partial charge in [0.15, 0.2) is 0 Å². The Bertz CT molecular complexity index is 328. The van der Waals surface area contributed by atoms with Crippen molar-refractivity contribution in [2.75, 3.05) is 13.2 Å². The molecule has 22 heavy (non-hydrogen) atoms. The van der Waals surface area contributed by atoms with E-state index in [9.17, 15) is 9.59 Å². The van der Waals surface area contributed by atoms with E-state index in [2.05, 4.69) is 5.32 Å². The molecular weight excluding hydrogens is 286 g/mol. The molecule has 1 aliphatic carbocycles. The van der Waals surface area contributed by atoms with Crippen LogP contribution >= 0.6 is 0 Å². The number of rotatable bonds is 9. The second-order valence-corrected chi connectivity index (χ2v) is 5.75. The maximum absolute atomic E-state index is 12.2. The molecule has 0 radical (unpaired) electrons. The molecule has 2 N–H and O–H groups in total. The third-order valence-electron chi connectivity index (χ3n) is 3.79. The van der Waals surface area contributed by atoms with Crippen molar-refractivity contribution in [2.24, 2.45) is 0 Å². The van der Waals surface area contributed by atoms with Crippen LogP contribution in [0.3, 0.4) is 0 Å². The maximum Gasteiger partial charge on any atom is 0.407 e. The zero-order valence-corrected chi connectivity index (χ0v) is 13.5. The lowest BCUT2D eigenvalue weighted by Crippen LogP contribution is -2.43. The SMILES string of the molecule is CCCCOC(=O)NC(CCCO)C(=O)OC1CCCCC1. The Morgan fingerprint density at radius 2 is 1.95 bits per heavy atom. The van der Waals surface area contributed by atoms with E-state index in [1.54, 1.807) is 0 Å². The summed E-state index contributed by atoms with van der Waals surface area (Å²) in [6.45, 7) is 2.32. The second kappa shape index (κ2) is 11.3. The van der Waals surface area contributed by atoms with Crippen LogP contribution in [-0.4, -0.2) is 42.5 Å². The smallest absolute Gasteiger partial charge is 0.407 e. The molecule has 0 bridgehead atoms. The van der Waals surface area contributed by atoms with Gasteiger partial charge < -0.3 is 19.9 Å². The lowest BCUT2D eigenvalue weighted by Gasteiger charge is -2.25. The number of ether oxygens (including phenoxy) is 2. The van der Waals surface area contributed by atoms with Crippen LogP contribution in [0.1, 0.15) is 64.7 Å². The van der Waals surface area contributed by atoms with E-state index in [4.69, 9.17) is 14.6 Å². The summed E-state index contributed by atoms with van der Waals surface area (Å²) in [5, 5.41) is 11.5. The third kappa shape index (κ3) is 7.64. The van der Waals surface area contributed by atoms with E-state index in [1.807, 2.05) is 6.92 Å². The van der Waals surface area contributed by atoms with Gasteiger partial charge in [-0.3, -0.25) is 0 Å². The number of unbranched alkanes of at least 4 members (excludes halogenated alkanes) is 1. The average molecular weight is 315 g/mol. The first-order valence-corrected chi connectivity index (χ1v) is 8.42. The van der Waals surface area contributed by atoms with Gasteiger partial charge >= 0.3 is 12.1 Å². The zero-order chi connectivity index (χ0) is 16.2. The predicted octanol–water partition coefficient (Wildman–Crippen LogP) is 2.53. The third-order valence-corrected chi connectivity index (χ3v) is 3.79. The molecule has 6 nitrogen and oxygen atoms in total. The topological polar surface area (TPSA) is 84.9 Å². The molecule has 1 amide bonds. The van der Waals surface area contributed by atoms with Gasteiger partial charge in [0.1, 0.15) is 12.1 Å². The van der Waals surface area contributed by atoms with Gasteiger partial charge in [0, 0.05) is 6.61 Å². The molecule has 128 valence electrons. The number of carbonyl (C=O) groups is 2. The summed E-state index contributed by atoms with van der Waals surface area (Å²) in [4.78, 5) is 23.9. The molecule has 0 aromatic heterocycles. The minimum Gasteiger partial charge on any atom is -0.461 e.